The summed E-state index contributed by atoms with van der Waals surface area (Å²) in [4.78, 5) is 8.36. The van der Waals surface area contributed by atoms with E-state index in [-0.39, 0.29) is 5.92 Å². The summed E-state index contributed by atoms with van der Waals surface area (Å²) in [7, 11) is 0. The van der Waals surface area contributed by atoms with Crippen LogP contribution in [0.2, 0.25) is 5.02 Å². The van der Waals surface area contributed by atoms with Crippen LogP contribution in [0.5, 0.6) is 0 Å². The second kappa shape index (κ2) is 5.50. The summed E-state index contributed by atoms with van der Waals surface area (Å²) in [6, 6.07) is 5.47. The summed E-state index contributed by atoms with van der Waals surface area (Å²) in [6.07, 6.45) is 1.09. The molecular weight excluding hydrogens is 250 g/mol. The van der Waals surface area contributed by atoms with Gasteiger partial charge in [-0.1, -0.05) is 25.4 Å². The molecule has 1 aromatic heterocycles. The van der Waals surface area contributed by atoms with Gasteiger partial charge in [0.25, 0.3) is 0 Å². The minimum atomic E-state index is -0.401. The normalized spacial score (nSPS) is 12.9. The first kappa shape index (κ1) is 13.1. The lowest BCUT2D eigenvalue weighted by atomic mass is 10.1. The molecule has 1 heterocycles. The second-order valence-electron chi connectivity index (χ2n) is 4.58. The first-order chi connectivity index (χ1) is 8.58. The molecule has 0 amide bonds. The quantitative estimate of drug-likeness (QED) is 0.892. The van der Waals surface area contributed by atoms with Crippen LogP contribution in [-0.2, 0) is 0 Å². The Hall–Kier alpha value is -1.39. The number of benzene rings is 1. The molecule has 0 aliphatic heterocycles. The number of rotatable bonds is 4. The number of aliphatic hydroxyl groups excluding tert-OH is 1. The van der Waals surface area contributed by atoms with Crippen molar-refractivity contribution >= 4 is 28.3 Å². The Bertz CT molecular complexity index is 545. The number of anilines is 1. The van der Waals surface area contributed by atoms with Crippen molar-refractivity contribution in [3.8, 4) is 0 Å². The van der Waals surface area contributed by atoms with Gasteiger partial charge in [0.2, 0.25) is 0 Å². The average molecular weight is 266 g/mol. The Balaban J connectivity index is 2.23. The summed E-state index contributed by atoms with van der Waals surface area (Å²) < 4.78 is 0. The van der Waals surface area contributed by atoms with Crippen LogP contribution in [0.3, 0.4) is 0 Å². The number of nitrogens with zero attached hydrogens (tertiary/aromatic N) is 2. The van der Waals surface area contributed by atoms with Crippen LogP contribution < -0.4 is 5.32 Å². The van der Waals surface area contributed by atoms with Crippen LogP contribution in [0, 0.1) is 5.92 Å². The van der Waals surface area contributed by atoms with Crippen LogP contribution in [0.25, 0.3) is 10.9 Å². The Labute approximate surface area is 111 Å². The molecule has 1 unspecified atom stereocenters. The lowest BCUT2D eigenvalue weighted by Crippen LogP contribution is -2.25. The molecule has 2 N–H and O–H groups in total. The number of aromatic nitrogens is 2. The van der Waals surface area contributed by atoms with Crippen LogP contribution in [0.4, 0.5) is 5.82 Å². The number of fused-ring (bicyclic) bond motifs is 1. The van der Waals surface area contributed by atoms with Gasteiger partial charge in [0.1, 0.15) is 12.1 Å². The molecule has 4 nitrogen and oxygen atoms in total. The molecule has 0 saturated carbocycles. The number of halogens is 1. The van der Waals surface area contributed by atoms with Gasteiger partial charge in [-0.25, -0.2) is 9.97 Å². The van der Waals surface area contributed by atoms with Gasteiger partial charge >= 0.3 is 0 Å². The zero-order chi connectivity index (χ0) is 13.1. The van der Waals surface area contributed by atoms with E-state index in [0.29, 0.717) is 11.6 Å². The molecule has 1 aromatic carbocycles. The molecule has 2 rings (SSSR count). The maximum Gasteiger partial charge on any atom is 0.137 e. The van der Waals surface area contributed by atoms with Crippen LogP contribution >= 0.6 is 11.6 Å². The predicted octanol–water partition coefficient (Wildman–Crippen LogP) is 2.71. The monoisotopic (exact) mass is 265 g/mol. The first-order valence-electron chi connectivity index (χ1n) is 5.90. The Kier molecular flexibility index (Phi) is 3.99. The number of hydrogen-bond donors (Lipinski definition) is 2. The Morgan fingerprint density at radius 2 is 2.11 bits per heavy atom. The summed E-state index contributed by atoms with van der Waals surface area (Å²) in [6.45, 7) is 4.42. The van der Waals surface area contributed by atoms with Gasteiger partial charge in [0.15, 0.2) is 0 Å². The third kappa shape index (κ3) is 2.89. The van der Waals surface area contributed by atoms with E-state index in [0.717, 1.165) is 16.7 Å². The molecule has 1 atom stereocenters. The zero-order valence-corrected chi connectivity index (χ0v) is 11.1. The van der Waals surface area contributed by atoms with E-state index in [1.807, 2.05) is 19.9 Å². The van der Waals surface area contributed by atoms with Crippen LogP contribution in [0.15, 0.2) is 24.5 Å². The molecule has 18 heavy (non-hydrogen) atoms. The molecule has 5 heteroatoms. The van der Waals surface area contributed by atoms with E-state index >= 15 is 0 Å². The lowest BCUT2D eigenvalue weighted by molar-refractivity contribution is 0.138. The highest BCUT2D eigenvalue weighted by Gasteiger charge is 2.10. The molecule has 0 spiro atoms. The first-order valence-corrected chi connectivity index (χ1v) is 6.28. The Morgan fingerprint density at radius 1 is 1.33 bits per heavy atom. The van der Waals surface area contributed by atoms with Crippen molar-refractivity contribution in [1.82, 2.24) is 9.97 Å². The standard InChI is InChI=1S/C13H16ClN3O/c1-8(2)12(18)6-15-13-10-4-3-9(14)5-11(10)16-7-17-13/h3-5,7-8,12,18H,6H2,1-2H3,(H,15,16,17). The van der Waals surface area contributed by atoms with Crippen molar-refractivity contribution in [1.29, 1.82) is 0 Å². The topological polar surface area (TPSA) is 58.0 Å². The third-order valence-corrected chi connectivity index (χ3v) is 3.08. The highest BCUT2D eigenvalue weighted by molar-refractivity contribution is 6.31. The number of aliphatic hydroxyl groups is 1. The van der Waals surface area contributed by atoms with Gasteiger partial charge in [-0.15, -0.1) is 0 Å². The van der Waals surface area contributed by atoms with Crippen molar-refractivity contribution in [2.45, 2.75) is 20.0 Å². The van der Waals surface area contributed by atoms with Crippen molar-refractivity contribution in [3.63, 3.8) is 0 Å². The zero-order valence-electron chi connectivity index (χ0n) is 10.4. The molecule has 0 aliphatic carbocycles. The maximum absolute atomic E-state index is 9.78. The predicted molar refractivity (Wildman–Crippen MR) is 73.9 cm³/mol. The Morgan fingerprint density at radius 3 is 2.83 bits per heavy atom. The van der Waals surface area contributed by atoms with E-state index in [9.17, 15) is 5.11 Å². The van der Waals surface area contributed by atoms with Gasteiger partial charge in [0.05, 0.1) is 11.6 Å². The molecule has 0 aliphatic rings. The highest BCUT2D eigenvalue weighted by Crippen LogP contribution is 2.22. The average Bonchev–Trinajstić information content (AvgIpc) is 2.35. The second-order valence-corrected chi connectivity index (χ2v) is 5.01. The summed E-state index contributed by atoms with van der Waals surface area (Å²) in [5, 5.41) is 14.5. The largest absolute Gasteiger partial charge is 0.391 e. The fraction of sp³-hybridized carbons (Fsp3) is 0.385. The minimum Gasteiger partial charge on any atom is -0.391 e. The van der Waals surface area contributed by atoms with Crippen molar-refractivity contribution in [2.24, 2.45) is 5.92 Å². The lowest BCUT2D eigenvalue weighted by Gasteiger charge is -2.16. The van der Waals surface area contributed by atoms with Gasteiger partial charge in [-0.3, -0.25) is 0 Å². The summed E-state index contributed by atoms with van der Waals surface area (Å²) in [5.74, 6) is 0.927. The molecule has 0 saturated heterocycles. The van der Waals surface area contributed by atoms with Gasteiger partial charge in [-0.05, 0) is 24.1 Å². The number of hydrogen-bond acceptors (Lipinski definition) is 4. The van der Waals surface area contributed by atoms with E-state index < -0.39 is 6.10 Å². The van der Waals surface area contributed by atoms with E-state index in [1.54, 1.807) is 12.1 Å². The van der Waals surface area contributed by atoms with E-state index in [2.05, 4.69) is 15.3 Å². The van der Waals surface area contributed by atoms with E-state index in [1.165, 1.54) is 6.33 Å². The van der Waals surface area contributed by atoms with E-state index in [4.69, 9.17) is 11.6 Å². The third-order valence-electron chi connectivity index (χ3n) is 2.85. The summed E-state index contributed by atoms with van der Waals surface area (Å²) in [5.41, 5.74) is 0.791. The van der Waals surface area contributed by atoms with Gasteiger partial charge < -0.3 is 10.4 Å². The van der Waals surface area contributed by atoms with Gasteiger partial charge in [-0.2, -0.15) is 0 Å². The molecular formula is C13H16ClN3O. The van der Waals surface area contributed by atoms with Crippen molar-refractivity contribution in [2.75, 3.05) is 11.9 Å². The SMILES string of the molecule is CC(C)C(O)CNc1ncnc2cc(Cl)ccc12. The highest BCUT2D eigenvalue weighted by atomic mass is 35.5. The smallest absolute Gasteiger partial charge is 0.137 e. The molecule has 0 radical (unpaired) electrons. The molecule has 96 valence electrons. The number of nitrogens with one attached hydrogen (secondary N) is 1. The molecule has 2 aromatic rings. The fourth-order valence-electron chi connectivity index (χ4n) is 1.61. The maximum atomic E-state index is 9.78. The molecule has 0 fully saturated rings. The van der Waals surface area contributed by atoms with Crippen LogP contribution in [-0.4, -0.2) is 27.7 Å². The summed E-state index contributed by atoms with van der Waals surface area (Å²) >= 11 is 5.92. The molecule has 0 bridgehead atoms. The van der Waals surface area contributed by atoms with Crippen molar-refractivity contribution in [3.05, 3.63) is 29.5 Å². The van der Waals surface area contributed by atoms with Gasteiger partial charge in [0, 0.05) is 17.0 Å². The fourth-order valence-corrected chi connectivity index (χ4v) is 1.77. The minimum absolute atomic E-state index is 0.208. The van der Waals surface area contributed by atoms with Crippen molar-refractivity contribution < 1.29 is 5.11 Å². The van der Waals surface area contributed by atoms with Crippen LogP contribution in [0.1, 0.15) is 13.8 Å².